The molecule has 0 saturated carbocycles. The molecule has 0 aliphatic heterocycles. The van der Waals surface area contributed by atoms with Crippen LogP contribution in [0.2, 0.25) is 0 Å². The first-order valence-electron chi connectivity index (χ1n) is 6.66. The number of nitrogens with one attached hydrogen (secondary N) is 1. The zero-order chi connectivity index (χ0) is 17.4. The number of hydrogen-bond acceptors (Lipinski definition) is 7. The van der Waals surface area contributed by atoms with E-state index in [1.807, 2.05) is 5.32 Å². The molecule has 0 saturated heterocycles. The zero-order valence-corrected chi connectivity index (χ0v) is 13.8. The Morgan fingerprint density at radius 3 is 2.48 bits per heavy atom. The Morgan fingerprint density at radius 1 is 1.22 bits per heavy atom. The SMILES string of the molecule is COC(=O)NC(=O)[C@H](C)OC(=O)c1ccccc1SCC(C)=O. The molecule has 1 aromatic carbocycles. The second-order valence-electron chi connectivity index (χ2n) is 4.52. The van der Waals surface area contributed by atoms with E-state index >= 15 is 0 Å². The summed E-state index contributed by atoms with van der Waals surface area (Å²) in [5.74, 6) is -1.31. The van der Waals surface area contributed by atoms with Gasteiger partial charge in [0.15, 0.2) is 6.10 Å². The number of alkyl carbamates (subject to hydrolysis) is 1. The molecule has 23 heavy (non-hydrogen) atoms. The van der Waals surface area contributed by atoms with Crippen molar-refractivity contribution in [3.8, 4) is 0 Å². The van der Waals surface area contributed by atoms with Gasteiger partial charge in [0, 0.05) is 4.90 Å². The van der Waals surface area contributed by atoms with E-state index in [1.54, 1.807) is 18.2 Å². The van der Waals surface area contributed by atoms with Crippen LogP contribution in [-0.2, 0) is 19.1 Å². The molecule has 124 valence electrons. The number of amides is 2. The Bertz CT molecular complexity index is 616. The minimum absolute atomic E-state index is 0.0241. The molecule has 0 bridgehead atoms. The summed E-state index contributed by atoms with van der Waals surface area (Å²) in [6, 6.07) is 6.60. The molecule has 0 unspecified atom stereocenters. The molecule has 0 spiro atoms. The van der Waals surface area contributed by atoms with Gasteiger partial charge in [0.05, 0.1) is 18.4 Å². The van der Waals surface area contributed by atoms with Gasteiger partial charge in [-0.2, -0.15) is 0 Å². The minimum atomic E-state index is -1.17. The Morgan fingerprint density at radius 2 is 1.87 bits per heavy atom. The summed E-state index contributed by atoms with van der Waals surface area (Å²) in [7, 11) is 1.11. The van der Waals surface area contributed by atoms with Crippen LogP contribution in [0.25, 0.3) is 0 Å². The third-order valence-electron chi connectivity index (χ3n) is 2.60. The molecule has 1 aromatic rings. The van der Waals surface area contributed by atoms with Crippen LogP contribution in [0.5, 0.6) is 0 Å². The van der Waals surface area contributed by atoms with Gasteiger partial charge in [-0.25, -0.2) is 9.59 Å². The van der Waals surface area contributed by atoms with Crippen molar-refractivity contribution in [3.63, 3.8) is 0 Å². The van der Waals surface area contributed by atoms with E-state index in [2.05, 4.69) is 4.74 Å². The van der Waals surface area contributed by atoms with E-state index in [1.165, 1.54) is 31.7 Å². The number of methoxy groups -OCH3 is 1. The van der Waals surface area contributed by atoms with E-state index < -0.39 is 24.1 Å². The topological polar surface area (TPSA) is 98.8 Å². The van der Waals surface area contributed by atoms with Crippen molar-refractivity contribution < 1.29 is 28.7 Å². The number of carbonyl (C=O) groups excluding carboxylic acids is 4. The largest absolute Gasteiger partial charge is 0.453 e. The number of benzene rings is 1. The summed E-state index contributed by atoms with van der Waals surface area (Å²) in [6.45, 7) is 2.79. The summed E-state index contributed by atoms with van der Waals surface area (Å²) in [6.07, 6.45) is -2.11. The van der Waals surface area contributed by atoms with Crippen LogP contribution in [0.4, 0.5) is 4.79 Å². The fourth-order valence-electron chi connectivity index (χ4n) is 1.47. The lowest BCUT2D eigenvalue weighted by Gasteiger charge is -2.14. The first kappa shape index (κ1) is 18.7. The molecule has 0 fully saturated rings. The number of hydrogen-bond donors (Lipinski definition) is 1. The van der Waals surface area contributed by atoms with Crippen molar-refractivity contribution >= 4 is 35.5 Å². The number of Topliss-reactive ketones (excluding diaryl/α,β-unsaturated/α-hetero) is 1. The Labute approximate surface area is 137 Å². The lowest BCUT2D eigenvalue weighted by atomic mass is 10.2. The highest BCUT2D eigenvalue weighted by Gasteiger charge is 2.22. The molecule has 0 heterocycles. The van der Waals surface area contributed by atoms with Crippen LogP contribution in [0.1, 0.15) is 24.2 Å². The quantitative estimate of drug-likeness (QED) is 0.623. The first-order valence-corrected chi connectivity index (χ1v) is 7.64. The molecular formula is C15H17NO6S. The van der Waals surface area contributed by atoms with Gasteiger partial charge in [-0.15, -0.1) is 11.8 Å². The van der Waals surface area contributed by atoms with Crippen molar-refractivity contribution in [1.29, 1.82) is 0 Å². The fraction of sp³-hybridized carbons (Fsp3) is 0.333. The van der Waals surface area contributed by atoms with Crippen LogP contribution < -0.4 is 5.32 Å². The molecule has 8 heteroatoms. The van der Waals surface area contributed by atoms with Crippen molar-refractivity contribution in [2.75, 3.05) is 12.9 Å². The second-order valence-corrected chi connectivity index (χ2v) is 5.53. The second kappa shape index (κ2) is 8.94. The predicted molar refractivity (Wildman–Crippen MR) is 83.3 cm³/mol. The minimum Gasteiger partial charge on any atom is -0.453 e. The molecule has 0 aliphatic rings. The number of imide groups is 1. The Hall–Kier alpha value is -2.35. The van der Waals surface area contributed by atoms with Crippen LogP contribution in [0, 0.1) is 0 Å². The number of ketones is 1. The van der Waals surface area contributed by atoms with E-state index in [4.69, 9.17) is 4.74 Å². The normalized spacial score (nSPS) is 11.3. The molecule has 1 atom stereocenters. The maximum atomic E-state index is 12.2. The highest BCUT2D eigenvalue weighted by atomic mass is 32.2. The van der Waals surface area contributed by atoms with Crippen molar-refractivity contribution in [3.05, 3.63) is 29.8 Å². The van der Waals surface area contributed by atoms with Crippen molar-refractivity contribution in [2.45, 2.75) is 24.8 Å². The smallest absolute Gasteiger partial charge is 0.413 e. The van der Waals surface area contributed by atoms with Crippen LogP contribution in [0.3, 0.4) is 0 Å². The number of esters is 1. The predicted octanol–water partition coefficient (Wildman–Crippen LogP) is 1.80. The molecular weight excluding hydrogens is 322 g/mol. The maximum absolute atomic E-state index is 12.2. The highest BCUT2D eigenvalue weighted by Crippen LogP contribution is 2.23. The average Bonchev–Trinajstić information content (AvgIpc) is 2.52. The monoisotopic (exact) mass is 339 g/mol. The third-order valence-corrected chi connectivity index (χ3v) is 3.82. The lowest BCUT2D eigenvalue weighted by Crippen LogP contribution is -2.39. The maximum Gasteiger partial charge on any atom is 0.413 e. The molecule has 1 N–H and O–H groups in total. The van der Waals surface area contributed by atoms with Gasteiger partial charge in [0.25, 0.3) is 5.91 Å². The summed E-state index contributed by atoms with van der Waals surface area (Å²) in [5.41, 5.74) is 0.247. The van der Waals surface area contributed by atoms with Gasteiger partial charge in [-0.3, -0.25) is 14.9 Å². The van der Waals surface area contributed by atoms with Crippen LogP contribution >= 0.6 is 11.8 Å². The molecule has 0 radical (unpaired) electrons. The van der Waals surface area contributed by atoms with E-state index in [0.717, 1.165) is 7.11 Å². The van der Waals surface area contributed by atoms with Gasteiger partial charge in [-0.1, -0.05) is 12.1 Å². The molecule has 0 aromatic heterocycles. The molecule has 7 nitrogen and oxygen atoms in total. The van der Waals surface area contributed by atoms with Crippen LogP contribution in [-0.4, -0.2) is 42.7 Å². The number of ether oxygens (including phenoxy) is 2. The van der Waals surface area contributed by atoms with Gasteiger partial charge >= 0.3 is 12.1 Å². The average molecular weight is 339 g/mol. The standard InChI is InChI=1S/C15H17NO6S/c1-9(17)8-23-12-7-5-4-6-11(12)14(19)22-10(2)13(18)16-15(20)21-3/h4-7,10H,8H2,1-3H3,(H,16,18,20)/t10-/m0/s1. The van der Waals surface area contributed by atoms with Crippen molar-refractivity contribution in [2.24, 2.45) is 0 Å². The van der Waals surface area contributed by atoms with Crippen LogP contribution in [0.15, 0.2) is 29.2 Å². The van der Waals surface area contributed by atoms with Gasteiger partial charge < -0.3 is 9.47 Å². The lowest BCUT2D eigenvalue weighted by molar-refractivity contribution is -0.128. The van der Waals surface area contributed by atoms with Gasteiger partial charge in [0.1, 0.15) is 5.78 Å². The van der Waals surface area contributed by atoms with E-state index in [0.29, 0.717) is 4.90 Å². The first-order chi connectivity index (χ1) is 10.8. The summed E-state index contributed by atoms with van der Waals surface area (Å²) in [5, 5.41) is 1.91. The van der Waals surface area contributed by atoms with Crippen molar-refractivity contribution in [1.82, 2.24) is 5.32 Å². The number of carbonyl (C=O) groups is 4. The molecule has 1 rings (SSSR count). The van der Waals surface area contributed by atoms with Gasteiger partial charge in [0.2, 0.25) is 0 Å². The van der Waals surface area contributed by atoms with E-state index in [-0.39, 0.29) is 17.1 Å². The highest BCUT2D eigenvalue weighted by molar-refractivity contribution is 8.00. The Balaban J connectivity index is 2.75. The zero-order valence-electron chi connectivity index (χ0n) is 13.0. The molecule has 2 amide bonds. The fourth-order valence-corrected chi connectivity index (χ4v) is 2.31. The summed E-state index contributed by atoms with van der Waals surface area (Å²) < 4.78 is 9.32. The summed E-state index contributed by atoms with van der Waals surface area (Å²) in [4.78, 5) is 46.4. The van der Waals surface area contributed by atoms with E-state index in [9.17, 15) is 19.2 Å². The molecule has 0 aliphatic carbocycles. The number of rotatable bonds is 6. The Kier molecular flexibility index (Phi) is 7.27. The van der Waals surface area contributed by atoms with Gasteiger partial charge in [-0.05, 0) is 26.0 Å². The third kappa shape index (κ3) is 6.11. The summed E-state index contributed by atoms with van der Waals surface area (Å²) >= 11 is 1.21. The number of thioether (sulfide) groups is 1.